The van der Waals surface area contributed by atoms with Crippen molar-refractivity contribution in [2.45, 2.75) is 51.7 Å². The molecule has 1 amide bonds. The maximum absolute atomic E-state index is 11.5. The van der Waals surface area contributed by atoms with Gasteiger partial charge in [0.1, 0.15) is 5.60 Å². The summed E-state index contributed by atoms with van der Waals surface area (Å²) in [7, 11) is 0. The van der Waals surface area contributed by atoms with Crippen molar-refractivity contribution in [2.24, 2.45) is 5.92 Å². The molecule has 2 N–H and O–H groups in total. The summed E-state index contributed by atoms with van der Waals surface area (Å²) in [6.07, 6.45) is 2.19. The molecule has 1 saturated carbocycles. The minimum absolute atomic E-state index is 0.136. The highest BCUT2D eigenvalue weighted by atomic mass is 16.3. The van der Waals surface area contributed by atoms with Crippen LogP contribution in [0.1, 0.15) is 40.0 Å². The lowest BCUT2D eigenvalue weighted by Crippen LogP contribution is -2.54. The molecule has 1 unspecified atom stereocenters. The van der Waals surface area contributed by atoms with Gasteiger partial charge < -0.3 is 10.4 Å². The van der Waals surface area contributed by atoms with E-state index in [9.17, 15) is 9.90 Å². The molecule has 76 valence electrons. The zero-order valence-electron chi connectivity index (χ0n) is 8.63. The van der Waals surface area contributed by atoms with Gasteiger partial charge in [-0.25, -0.2) is 0 Å². The van der Waals surface area contributed by atoms with E-state index in [1.165, 1.54) is 0 Å². The monoisotopic (exact) mass is 185 g/mol. The minimum atomic E-state index is -1.05. The fraction of sp³-hybridized carbons (Fsp3) is 0.900. The predicted octanol–water partition coefficient (Wildman–Crippen LogP) is 1.06. The van der Waals surface area contributed by atoms with Crippen molar-refractivity contribution in [1.29, 1.82) is 0 Å². The quantitative estimate of drug-likeness (QED) is 0.690. The molecule has 0 spiro atoms. The Hall–Kier alpha value is -0.570. The Morgan fingerprint density at radius 3 is 2.23 bits per heavy atom. The average molecular weight is 185 g/mol. The van der Waals surface area contributed by atoms with Crippen molar-refractivity contribution in [3.63, 3.8) is 0 Å². The molecule has 0 aromatic rings. The largest absolute Gasteiger partial charge is 0.380 e. The molecule has 1 aliphatic carbocycles. The van der Waals surface area contributed by atoms with Gasteiger partial charge in [-0.2, -0.15) is 0 Å². The highest BCUT2D eigenvalue weighted by Gasteiger charge is 2.42. The van der Waals surface area contributed by atoms with Gasteiger partial charge in [0.05, 0.1) is 0 Å². The Morgan fingerprint density at radius 2 is 1.92 bits per heavy atom. The predicted molar refractivity (Wildman–Crippen MR) is 51.2 cm³/mol. The van der Waals surface area contributed by atoms with Gasteiger partial charge in [0.15, 0.2) is 0 Å². The van der Waals surface area contributed by atoms with Crippen molar-refractivity contribution in [3.05, 3.63) is 0 Å². The molecule has 0 radical (unpaired) electrons. The Morgan fingerprint density at radius 1 is 1.38 bits per heavy atom. The van der Waals surface area contributed by atoms with Crippen LogP contribution in [0.25, 0.3) is 0 Å². The van der Waals surface area contributed by atoms with Crippen LogP contribution < -0.4 is 5.32 Å². The Labute approximate surface area is 79.5 Å². The molecule has 3 heteroatoms. The van der Waals surface area contributed by atoms with E-state index < -0.39 is 5.60 Å². The molecule has 0 aromatic carbocycles. The molecule has 0 saturated heterocycles. The van der Waals surface area contributed by atoms with Gasteiger partial charge in [0, 0.05) is 6.04 Å². The molecule has 0 heterocycles. The maximum Gasteiger partial charge on any atom is 0.252 e. The number of aliphatic hydroxyl groups is 1. The first kappa shape index (κ1) is 10.5. The summed E-state index contributed by atoms with van der Waals surface area (Å²) in [4.78, 5) is 11.5. The van der Waals surface area contributed by atoms with Gasteiger partial charge in [0.2, 0.25) is 0 Å². The van der Waals surface area contributed by atoms with Crippen LogP contribution >= 0.6 is 0 Å². The van der Waals surface area contributed by atoms with Crippen molar-refractivity contribution in [1.82, 2.24) is 5.32 Å². The van der Waals surface area contributed by atoms with Gasteiger partial charge >= 0.3 is 0 Å². The van der Waals surface area contributed by atoms with Crippen molar-refractivity contribution in [2.75, 3.05) is 0 Å². The molecule has 0 aliphatic heterocycles. The number of amides is 1. The van der Waals surface area contributed by atoms with E-state index in [-0.39, 0.29) is 11.9 Å². The number of nitrogens with one attached hydrogen (secondary N) is 1. The normalized spacial score (nSPS) is 22.2. The van der Waals surface area contributed by atoms with Crippen LogP contribution in [0.4, 0.5) is 0 Å². The van der Waals surface area contributed by atoms with Crippen molar-refractivity contribution in [3.8, 4) is 0 Å². The first-order chi connectivity index (χ1) is 5.96. The van der Waals surface area contributed by atoms with Crippen LogP contribution in [-0.4, -0.2) is 22.7 Å². The Kier molecular flexibility index (Phi) is 2.96. The van der Waals surface area contributed by atoms with Gasteiger partial charge in [-0.05, 0) is 32.1 Å². The molecule has 1 atom stereocenters. The first-order valence-electron chi connectivity index (χ1n) is 4.99. The third-order valence-corrected chi connectivity index (χ3v) is 2.96. The zero-order valence-corrected chi connectivity index (χ0v) is 8.63. The van der Waals surface area contributed by atoms with Crippen LogP contribution in [0.15, 0.2) is 0 Å². The standard InChI is InChI=1S/C10H19NO2/c1-7(2)8(3)11-9(12)10(13)5-4-6-10/h7-8,13H,4-6H2,1-3H3,(H,11,12). The number of hydrogen-bond donors (Lipinski definition) is 2. The van der Waals surface area contributed by atoms with Crippen LogP contribution in [0.3, 0.4) is 0 Å². The van der Waals surface area contributed by atoms with E-state index in [1.54, 1.807) is 0 Å². The van der Waals surface area contributed by atoms with E-state index >= 15 is 0 Å². The van der Waals surface area contributed by atoms with Gasteiger partial charge in [-0.1, -0.05) is 13.8 Å². The van der Waals surface area contributed by atoms with E-state index in [1.807, 2.05) is 6.92 Å². The summed E-state index contributed by atoms with van der Waals surface area (Å²) in [5.41, 5.74) is -1.05. The Balaban J connectivity index is 2.41. The topological polar surface area (TPSA) is 49.3 Å². The third kappa shape index (κ3) is 2.21. The molecule has 1 aliphatic rings. The van der Waals surface area contributed by atoms with Crippen LogP contribution in [0.5, 0.6) is 0 Å². The van der Waals surface area contributed by atoms with E-state index in [2.05, 4.69) is 19.2 Å². The number of carbonyl (C=O) groups excluding carboxylic acids is 1. The summed E-state index contributed by atoms with van der Waals surface area (Å²) in [6, 6.07) is 0.136. The molecule has 1 fully saturated rings. The first-order valence-corrected chi connectivity index (χ1v) is 4.99. The van der Waals surface area contributed by atoms with E-state index in [4.69, 9.17) is 0 Å². The second kappa shape index (κ2) is 3.66. The molecule has 13 heavy (non-hydrogen) atoms. The molecule has 3 nitrogen and oxygen atoms in total. The zero-order chi connectivity index (χ0) is 10.1. The lowest BCUT2D eigenvalue weighted by atomic mass is 9.79. The van der Waals surface area contributed by atoms with Crippen LogP contribution in [0, 0.1) is 5.92 Å². The van der Waals surface area contributed by atoms with Gasteiger partial charge in [-0.15, -0.1) is 0 Å². The lowest BCUT2D eigenvalue weighted by molar-refractivity contribution is -0.149. The van der Waals surface area contributed by atoms with Crippen LogP contribution in [-0.2, 0) is 4.79 Å². The molecule has 0 bridgehead atoms. The second-order valence-corrected chi connectivity index (χ2v) is 4.39. The van der Waals surface area contributed by atoms with Gasteiger partial charge in [0.25, 0.3) is 5.91 Å². The van der Waals surface area contributed by atoms with E-state index in [0.717, 1.165) is 6.42 Å². The van der Waals surface area contributed by atoms with Gasteiger partial charge in [-0.3, -0.25) is 4.79 Å². The second-order valence-electron chi connectivity index (χ2n) is 4.39. The average Bonchev–Trinajstić information content (AvgIpc) is 1.99. The highest BCUT2D eigenvalue weighted by Crippen LogP contribution is 2.31. The summed E-state index contributed by atoms with van der Waals surface area (Å²) in [6.45, 7) is 6.07. The fourth-order valence-electron chi connectivity index (χ4n) is 1.25. The maximum atomic E-state index is 11.5. The highest BCUT2D eigenvalue weighted by molar-refractivity contribution is 5.86. The molecule has 0 aromatic heterocycles. The summed E-state index contributed by atoms with van der Waals surface area (Å²) < 4.78 is 0. The van der Waals surface area contributed by atoms with Crippen LogP contribution in [0.2, 0.25) is 0 Å². The van der Waals surface area contributed by atoms with Crippen molar-refractivity contribution < 1.29 is 9.90 Å². The molecular formula is C10H19NO2. The summed E-state index contributed by atoms with van der Waals surface area (Å²) in [5, 5.41) is 12.5. The lowest BCUT2D eigenvalue weighted by Gasteiger charge is -2.36. The SMILES string of the molecule is CC(C)C(C)NC(=O)C1(O)CCC1. The Bertz CT molecular complexity index is 197. The van der Waals surface area contributed by atoms with Crippen molar-refractivity contribution >= 4 is 5.91 Å². The minimum Gasteiger partial charge on any atom is -0.380 e. The summed E-state index contributed by atoms with van der Waals surface area (Å²) >= 11 is 0. The fourth-order valence-corrected chi connectivity index (χ4v) is 1.25. The third-order valence-electron chi connectivity index (χ3n) is 2.96. The number of carbonyl (C=O) groups is 1. The number of rotatable bonds is 3. The smallest absolute Gasteiger partial charge is 0.252 e. The van der Waals surface area contributed by atoms with E-state index in [0.29, 0.717) is 18.8 Å². The molecule has 1 rings (SSSR count). The molecular weight excluding hydrogens is 166 g/mol. The number of hydrogen-bond acceptors (Lipinski definition) is 2. The summed E-state index contributed by atoms with van der Waals surface area (Å²) in [5.74, 6) is 0.215.